The monoisotopic (exact) mass is 852 g/mol. The molecule has 0 aliphatic rings. The molecule has 342 valence electrons. The van der Waals surface area contributed by atoms with Gasteiger partial charge in [-0.1, -0.05) is 171 Å². The summed E-state index contributed by atoms with van der Waals surface area (Å²) in [7, 11) is -4.63. The van der Waals surface area contributed by atoms with Crippen LogP contribution >= 0.6 is 7.82 Å². The highest BCUT2D eigenvalue weighted by Crippen LogP contribution is 2.43. The molecule has 0 aliphatic carbocycles. The molecular weight excluding hydrogens is 765 g/mol. The minimum absolute atomic E-state index is 0.00168. The zero-order valence-electron chi connectivity index (χ0n) is 37.3. The number of carbonyl (C=O) groups is 2. The van der Waals surface area contributed by atoms with E-state index in [1.54, 1.807) is 0 Å². The molecule has 3 atom stereocenters. The number of carbonyl (C=O) groups excluding carboxylic acids is 1. The van der Waals surface area contributed by atoms with Gasteiger partial charge < -0.3 is 25.2 Å². The summed E-state index contributed by atoms with van der Waals surface area (Å²) in [6.07, 6.45) is 52.7. The van der Waals surface area contributed by atoms with Gasteiger partial charge in [0, 0.05) is 13.0 Å². The number of aliphatic carboxylic acids is 1. The molecule has 0 aliphatic heterocycles. The number of hydrogen-bond acceptors (Lipinski definition) is 8. The first kappa shape index (κ1) is 56.7. The van der Waals surface area contributed by atoms with E-state index >= 15 is 0 Å². The van der Waals surface area contributed by atoms with Gasteiger partial charge in [-0.05, 0) is 77.0 Å². The number of esters is 1. The van der Waals surface area contributed by atoms with Gasteiger partial charge in [0.25, 0.3) is 0 Å². The van der Waals surface area contributed by atoms with Crippen LogP contribution in [-0.2, 0) is 32.7 Å². The van der Waals surface area contributed by atoms with Gasteiger partial charge >= 0.3 is 19.8 Å². The van der Waals surface area contributed by atoms with Gasteiger partial charge in [-0.25, -0.2) is 4.57 Å². The Morgan fingerprint density at radius 1 is 0.559 bits per heavy atom. The Bertz CT molecular complexity index is 1170. The lowest BCUT2D eigenvalue weighted by atomic mass is 10.1. The maximum absolute atomic E-state index is 12.7. The first-order valence-corrected chi connectivity index (χ1v) is 24.8. The third-order valence-electron chi connectivity index (χ3n) is 9.78. The topological polar surface area (TPSA) is 155 Å². The van der Waals surface area contributed by atoms with Gasteiger partial charge in [-0.15, -0.1) is 0 Å². The van der Waals surface area contributed by atoms with E-state index < -0.39 is 45.1 Å². The van der Waals surface area contributed by atoms with E-state index in [0.717, 1.165) is 83.5 Å². The third-order valence-corrected chi connectivity index (χ3v) is 10.7. The molecule has 0 bridgehead atoms. The first-order valence-electron chi connectivity index (χ1n) is 23.3. The molecule has 4 N–H and O–H groups in total. The molecule has 0 aromatic rings. The molecule has 0 saturated carbocycles. The van der Waals surface area contributed by atoms with Crippen LogP contribution in [0.5, 0.6) is 0 Å². The summed E-state index contributed by atoms with van der Waals surface area (Å²) in [6, 6.07) is -1.48. The Morgan fingerprint density at radius 2 is 0.983 bits per heavy atom. The zero-order chi connectivity index (χ0) is 43.3. The van der Waals surface area contributed by atoms with Gasteiger partial charge in [0.15, 0.2) is 0 Å². The van der Waals surface area contributed by atoms with Gasteiger partial charge in [0.05, 0.1) is 19.8 Å². The number of rotatable bonds is 44. The van der Waals surface area contributed by atoms with Crippen molar-refractivity contribution in [2.45, 2.75) is 206 Å². The Morgan fingerprint density at radius 3 is 1.49 bits per heavy atom. The van der Waals surface area contributed by atoms with Crippen LogP contribution in [0.1, 0.15) is 194 Å². The fourth-order valence-corrected chi connectivity index (χ4v) is 6.96. The SMILES string of the molecule is CC/C=C\C/C=C\C/C=C\C/C=C\CCCCCCCOCC(COP(=O)(O)OCC(N)C(=O)O)OC(=O)CCCCCCCCCCC/C=C\CCCCCCCC. The van der Waals surface area contributed by atoms with Crippen LogP contribution in [0.2, 0.25) is 0 Å². The molecule has 10 nitrogen and oxygen atoms in total. The van der Waals surface area contributed by atoms with Crippen LogP contribution < -0.4 is 5.73 Å². The van der Waals surface area contributed by atoms with Crippen molar-refractivity contribution in [1.82, 2.24) is 0 Å². The van der Waals surface area contributed by atoms with Crippen molar-refractivity contribution >= 4 is 19.8 Å². The average molecular weight is 852 g/mol. The summed E-state index contributed by atoms with van der Waals surface area (Å²) in [5, 5.41) is 8.91. The van der Waals surface area contributed by atoms with Crippen molar-refractivity contribution in [3.05, 3.63) is 60.8 Å². The molecular formula is C48H86NO9P. The second-order valence-electron chi connectivity index (χ2n) is 15.5. The standard InChI is InChI=1S/C48H86NO9P/c1-3-5-7-9-11-13-15-17-19-21-23-24-26-28-30-32-34-36-38-40-47(50)58-45(43-56-59(53,54)57-44-46(49)48(51)52)42-55-41-39-37-35-33-31-29-27-25-22-20-18-16-14-12-10-8-6-4-2/h6,8,12,14,17-20,25,27,45-46H,3-5,7,9-11,13,15-16,21-24,26,28-44,49H2,1-2H3,(H,51,52)(H,53,54)/b8-6-,14-12-,19-17-,20-18-,27-25-. The number of carboxylic acids is 1. The van der Waals surface area contributed by atoms with Crippen LogP contribution in [0, 0.1) is 0 Å². The molecule has 59 heavy (non-hydrogen) atoms. The number of phosphoric ester groups is 1. The number of carboxylic acid groups (broad SMARTS) is 1. The number of allylic oxidation sites excluding steroid dienone is 10. The lowest BCUT2D eigenvalue weighted by Gasteiger charge is -2.20. The molecule has 0 spiro atoms. The second-order valence-corrected chi connectivity index (χ2v) is 17.0. The Hall–Kier alpha value is -2.33. The van der Waals surface area contributed by atoms with Crippen molar-refractivity contribution in [2.75, 3.05) is 26.4 Å². The summed E-state index contributed by atoms with van der Waals surface area (Å²) in [4.78, 5) is 33.6. The van der Waals surface area contributed by atoms with Gasteiger partial charge in [0.2, 0.25) is 0 Å². The minimum Gasteiger partial charge on any atom is -0.480 e. The van der Waals surface area contributed by atoms with Crippen LogP contribution in [-0.4, -0.2) is 60.5 Å². The Balaban J connectivity index is 4.24. The minimum atomic E-state index is -4.63. The van der Waals surface area contributed by atoms with E-state index in [0.29, 0.717) is 13.0 Å². The van der Waals surface area contributed by atoms with E-state index in [9.17, 15) is 19.0 Å². The summed E-state index contributed by atoms with van der Waals surface area (Å²) in [6.45, 7) is 3.72. The summed E-state index contributed by atoms with van der Waals surface area (Å²) in [5.74, 6) is -1.79. The maximum Gasteiger partial charge on any atom is 0.472 e. The van der Waals surface area contributed by atoms with E-state index in [4.69, 9.17) is 29.4 Å². The lowest BCUT2D eigenvalue weighted by molar-refractivity contribution is -0.154. The predicted octanol–water partition coefficient (Wildman–Crippen LogP) is 13.2. The molecule has 0 aromatic carbocycles. The Kier molecular flexibility index (Phi) is 42.0. The highest BCUT2D eigenvalue weighted by Gasteiger charge is 2.27. The van der Waals surface area contributed by atoms with Crippen molar-refractivity contribution in [3.8, 4) is 0 Å². The quantitative estimate of drug-likeness (QED) is 0.0233. The maximum atomic E-state index is 12.7. The number of nitrogens with two attached hydrogens (primary N) is 1. The van der Waals surface area contributed by atoms with Crippen molar-refractivity contribution < 1.29 is 42.7 Å². The second kappa shape index (κ2) is 43.7. The molecule has 0 radical (unpaired) electrons. The highest BCUT2D eigenvalue weighted by atomic mass is 31.2. The summed E-state index contributed by atoms with van der Waals surface area (Å²) < 4.78 is 33.4. The molecule has 0 amide bonds. The summed E-state index contributed by atoms with van der Waals surface area (Å²) >= 11 is 0. The van der Waals surface area contributed by atoms with E-state index in [2.05, 4.69) is 74.6 Å². The molecule has 0 saturated heterocycles. The molecule has 0 aromatic heterocycles. The zero-order valence-corrected chi connectivity index (χ0v) is 38.2. The number of ether oxygens (including phenoxy) is 2. The smallest absolute Gasteiger partial charge is 0.472 e. The average Bonchev–Trinajstić information content (AvgIpc) is 3.21. The summed E-state index contributed by atoms with van der Waals surface area (Å²) in [5.41, 5.74) is 5.36. The molecule has 0 fully saturated rings. The highest BCUT2D eigenvalue weighted by molar-refractivity contribution is 7.47. The Labute approximate surface area is 360 Å². The van der Waals surface area contributed by atoms with Crippen molar-refractivity contribution in [3.63, 3.8) is 0 Å². The van der Waals surface area contributed by atoms with Gasteiger partial charge in [0.1, 0.15) is 12.1 Å². The van der Waals surface area contributed by atoms with Crippen LogP contribution in [0.4, 0.5) is 0 Å². The van der Waals surface area contributed by atoms with Crippen molar-refractivity contribution in [1.29, 1.82) is 0 Å². The van der Waals surface area contributed by atoms with Crippen LogP contribution in [0.15, 0.2) is 60.8 Å². The van der Waals surface area contributed by atoms with Crippen molar-refractivity contribution in [2.24, 2.45) is 5.73 Å². The fourth-order valence-electron chi connectivity index (χ4n) is 6.18. The predicted molar refractivity (Wildman–Crippen MR) is 244 cm³/mol. The van der Waals surface area contributed by atoms with E-state index in [1.165, 1.54) is 83.5 Å². The largest absolute Gasteiger partial charge is 0.480 e. The molecule has 11 heteroatoms. The normalized spacial score (nSPS) is 14.4. The van der Waals surface area contributed by atoms with Gasteiger partial charge in [-0.3, -0.25) is 18.6 Å². The number of phosphoric acid groups is 1. The van der Waals surface area contributed by atoms with Gasteiger partial charge in [-0.2, -0.15) is 0 Å². The first-order chi connectivity index (χ1) is 28.7. The van der Waals surface area contributed by atoms with E-state index in [-0.39, 0.29) is 13.0 Å². The van der Waals surface area contributed by atoms with E-state index in [1.807, 2.05) is 0 Å². The third kappa shape index (κ3) is 43.6. The number of unbranched alkanes of at least 4 members (excludes halogenated alkanes) is 20. The van der Waals surface area contributed by atoms with Crippen LogP contribution in [0.3, 0.4) is 0 Å². The molecule has 0 heterocycles. The molecule has 0 rings (SSSR count). The fraction of sp³-hybridized carbons (Fsp3) is 0.750. The number of hydrogen-bond donors (Lipinski definition) is 3. The molecule has 3 unspecified atom stereocenters. The lowest BCUT2D eigenvalue weighted by Crippen LogP contribution is -2.34. The van der Waals surface area contributed by atoms with Crippen LogP contribution in [0.25, 0.3) is 0 Å².